The second-order valence-corrected chi connectivity index (χ2v) is 6.24. The van der Waals surface area contributed by atoms with Gasteiger partial charge < -0.3 is 10.1 Å². The zero-order valence-corrected chi connectivity index (χ0v) is 16.6. The van der Waals surface area contributed by atoms with E-state index in [9.17, 15) is 9.59 Å². The molecule has 0 saturated carbocycles. The molecule has 0 atom stereocenters. The Labute approximate surface area is 162 Å². The third-order valence-corrected chi connectivity index (χ3v) is 4.04. The lowest BCUT2D eigenvalue weighted by Crippen LogP contribution is -2.28. The van der Waals surface area contributed by atoms with Crippen LogP contribution in [0, 0.1) is 6.92 Å². The second-order valence-electron chi connectivity index (χ2n) is 5.83. The number of anilines is 1. The van der Waals surface area contributed by atoms with Gasteiger partial charge in [-0.3, -0.25) is 19.7 Å². The van der Waals surface area contributed by atoms with Gasteiger partial charge in [-0.15, -0.1) is 0 Å². The monoisotopic (exact) mass is 389 g/mol. The highest BCUT2D eigenvalue weighted by atomic mass is 32.1. The average Bonchev–Trinajstić information content (AvgIpc) is 2.84. The molecule has 0 unspecified atom stereocenters. The van der Waals surface area contributed by atoms with Gasteiger partial charge in [-0.2, -0.15) is 5.10 Å². The lowest BCUT2D eigenvalue weighted by molar-refractivity contribution is -0.141. The molecule has 0 spiro atoms. The molecule has 0 saturated heterocycles. The van der Waals surface area contributed by atoms with Crippen LogP contribution in [0.5, 0.6) is 0 Å². The molecule has 0 aliphatic heterocycles. The number of benzene rings is 1. The van der Waals surface area contributed by atoms with Crippen LogP contribution in [0.15, 0.2) is 40.2 Å². The Morgan fingerprint density at radius 2 is 1.96 bits per heavy atom. The number of ether oxygens (including phenoxy) is 1. The number of carbonyl (C=O) groups excluding carboxylic acids is 1. The van der Waals surface area contributed by atoms with Crippen molar-refractivity contribution in [3.63, 3.8) is 0 Å². The number of hydrogen-bond acceptors (Lipinski definition) is 5. The molecule has 1 aromatic heterocycles. The third-order valence-electron chi connectivity index (χ3n) is 3.85. The summed E-state index contributed by atoms with van der Waals surface area (Å²) < 4.78 is 8.16. The minimum Gasteiger partial charge on any atom is -0.466 e. The van der Waals surface area contributed by atoms with E-state index >= 15 is 0 Å². The van der Waals surface area contributed by atoms with Crippen molar-refractivity contribution >= 4 is 34.7 Å². The summed E-state index contributed by atoms with van der Waals surface area (Å²) in [6, 6.07) is 9.32. The highest BCUT2D eigenvalue weighted by Gasteiger charge is 2.16. The molecule has 2 rings (SSSR count). The predicted molar refractivity (Wildman–Crippen MR) is 109 cm³/mol. The Morgan fingerprint density at radius 1 is 1.30 bits per heavy atom. The van der Waals surface area contributed by atoms with Gasteiger partial charge in [0.05, 0.1) is 24.4 Å². The van der Waals surface area contributed by atoms with E-state index in [0.29, 0.717) is 18.0 Å². The van der Waals surface area contributed by atoms with Gasteiger partial charge in [0.25, 0.3) is 5.56 Å². The van der Waals surface area contributed by atoms with Crippen LogP contribution in [0.4, 0.5) is 5.69 Å². The molecule has 0 amide bonds. The van der Waals surface area contributed by atoms with E-state index < -0.39 is 0 Å². The van der Waals surface area contributed by atoms with Gasteiger partial charge in [0.2, 0.25) is 0 Å². The van der Waals surface area contributed by atoms with Crippen molar-refractivity contribution in [3.8, 4) is 5.69 Å². The molecule has 27 heavy (non-hydrogen) atoms. The molecule has 0 aliphatic rings. The number of rotatable bonds is 6. The number of para-hydroxylation sites is 1. The quantitative estimate of drug-likeness (QED) is 0.340. The first kappa shape index (κ1) is 20.4. The molecule has 2 N–H and O–H groups in total. The van der Waals surface area contributed by atoms with Crippen molar-refractivity contribution in [3.05, 3.63) is 46.4 Å². The van der Waals surface area contributed by atoms with Crippen LogP contribution in [0.25, 0.3) is 5.69 Å². The molecule has 1 aromatic carbocycles. The molecule has 1 heterocycles. The van der Waals surface area contributed by atoms with Gasteiger partial charge in [0.15, 0.2) is 5.11 Å². The largest absolute Gasteiger partial charge is 0.466 e. The molecular weight excluding hydrogens is 366 g/mol. The van der Waals surface area contributed by atoms with Crippen LogP contribution in [-0.2, 0) is 16.6 Å². The fourth-order valence-corrected chi connectivity index (χ4v) is 2.61. The van der Waals surface area contributed by atoms with E-state index in [2.05, 4.69) is 15.8 Å². The maximum Gasteiger partial charge on any atom is 0.311 e. The number of hydrazone groups is 1. The minimum absolute atomic E-state index is 0.0641. The molecule has 2 aromatic rings. The lowest BCUT2D eigenvalue weighted by atomic mass is 10.3. The van der Waals surface area contributed by atoms with Crippen LogP contribution >= 0.6 is 12.2 Å². The zero-order valence-electron chi connectivity index (χ0n) is 15.8. The first-order valence-electron chi connectivity index (χ1n) is 8.45. The lowest BCUT2D eigenvalue weighted by Gasteiger charge is -2.07. The van der Waals surface area contributed by atoms with Crippen LogP contribution in [-0.4, -0.2) is 32.8 Å². The first-order valence-corrected chi connectivity index (χ1v) is 8.85. The number of hydrogen-bond donors (Lipinski definition) is 2. The summed E-state index contributed by atoms with van der Waals surface area (Å²) in [6.07, 6.45) is 0.0641. The zero-order chi connectivity index (χ0) is 20.0. The van der Waals surface area contributed by atoms with Gasteiger partial charge >= 0.3 is 5.97 Å². The fourth-order valence-electron chi connectivity index (χ4n) is 2.46. The van der Waals surface area contributed by atoms with E-state index in [0.717, 1.165) is 11.4 Å². The molecule has 0 aliphatic carbocycles. The van der Waals surface area contributed by atoms with Crippen molar-refractivity contribution in [2.75, 3.05) is 11.9 Å². The van der Waals surface area contributed by atoms with Crippen LogP contribution in [0.3, 0.4) is 0 Å². The molecule has 8 nitrogen and oxygen atoms in total. The van der Waals surface area contributed by atoms with E-state index in [1.54, 1.807) is 30.3 Å². The van der Waals surface area contributed by atoms with Crippen molar-refractivity contribution in [1.82, 2.24) is 14.8 Å². The number of nitrogens with zero attached hydrogens (tertiary/aromatic N) is 3. The van der Waals surface area contributed by atoms with E-state index in [1.807, 2.05) is 37.3 Å². The van der Waals surface area contributed by atoms with Gasteiger partial charge in [0, 0.05) is 12.8 Å². The number of aromatic nitrogens is 2. The Morgan fingerprint density at radius 3 is 2.59 bits per heavy atom. The highest BCUT2D eigenvalue weighted by Crippen LogP contribution is 2.13. The van der Waals surface area contributed by atoms with Crippen molar-refractivity contribution in [1.29, 1.82) is 0 Å². The van der Waals surface area contributed by atoms with E-state index in [4.69, 9.17) is 17.0 Å². The van der Waals surface area contributed by atoms with E-state index in [1.165, 1.54) is 0 Å². The van der Waals surface area contributed by atoms with Crippen LogP contribution in [0.1, 0.15) is 26.0 Å². The van der Waals surface area contributed by atoms with Gasteiger partial charge in [-0.05, 0) is 45.1 Å². The number of esters is 1. The summed E-state index contributed by atoms with van der Waals surface area (Å²) in [7, 11) is 1.80. The number of carbonyl (C=O) groups is 1. The van der Waals surface area contributed by atoms with Crippen molar-refractivity contribution in [2.45, 2.75) is 27.2 Å². The Hall–Kier alpha value is -2.94. The van der Waals surface area contributed by atoms with Gasteiger partial charge in [0.1, 0.15) is 5.69 Å². The molecule has 0 fully saturated rings. The topological polar surface area (TPSA) is 89.7 Å². The fraction of sp³-hybridized carbons (Fsp3) is 0.333. The standard InChI is InChI=1S/C18H23N5O3S/c1-5-26-15(24)11-12(2)20-21-18(27)19-16-13(3)22(4)23(17(16)25)14-9-7-6-8-10-14/h6-10H,5,11H2,1-4H3,(H2,19,21,27). The number of nitrogens with one attached hydrogen (secondary N) is 2. The SMILES string of the molecule is CCOC(=O)CC(C)=NNC(=S)Nc1c(C)n(C)n(-c2ccccc2)c1=O. The Bertz CT molecular complexity index is 915. The van der Waals surface area contributed by atoms with E-state index in [-0.39, 0.29) is 23.1 Å². The second kappa shape index (κ2) is 9.13. The maximum absolute atomic E-state index is 12.8. The van der Waals surface area contributed by atoms with Gasteiger partial charge in [-0.25, -0.2) is 4.68 Å². The Balaban J connectivity index is 2.13. The smallest absolute Gasteiger partial charge is 0.311 e. The highest BCUT2D eigenvalue weighted by molar-refractivity contribution is 7.80. The average molecular weight is 389 g/mol. The third kappa shape index (κ3) is 5.04. The van der Waals surface area contributed by atoms with Crippen molar-refractivity contribution < 1.29 is 9.53 Å². The number of thiocarbonyl (C=S) groups is 1. The molecule has 0 radical (unpaired) electrons. The predicted octanol–water partition coefficient (Wildman–Crippen LogP) is 2.10. The summed E-state index contributed by atoms with van der Waals surface area (Å²) in [6.45, 7) is 5.57. The first-order chi connectivity index (χ1) is 12.8. The van der Waals surface area contributed by atoms with Crippen molar-refractivity contribution in [2.24, 2.45) is 12.1 Å². The summed E-state index contributed by atoms with van der Waals surface area (Å²) in [5.74, 6) is -0.357. The van der Waals surface area contributed by atoms with Crippen LogP contribution in [0.2, 0.25) is 0 Å². The summed E-state index contributed by atoms with van der Waals surface area (Å²) in [5.41, 5.74) is 4.77. The summed E-state index contributed by atoms with van der Waals surface area (Å²) in [4.78, 5) is 24.2. The van der Waals surface area contributed by atoms with Gasteiger partial charge in [-0.1, -0.05) is 18.2 Å². The maximum atomic E-state index is 12.8. The Kier molecular flexibility index (Phi) is 6.89. The molecular formula is C18H23N5O3S. The van der Waals surface area contributed by atoms with Crippen LogP contribution < -0.4 is 16.3 Å². The summed E-state index contributed by atoms with van der Waals surface area (Å²) in [5, 5.41) is 7.08. The summed E-state index contributed by atoms with van der Waals surface area (Å²) >= 11 is 5.20. The molecule has 9 heteroatoms. The normalized spacial score (nSPS) is 11.2. The minimum atomic E-state index is -0.357. The molecule has 0 bridgehead atoms. The molecule has 144 valence electrons.